The van der Waals surface area contributed by atoms with E-state index >= 15 is 0 Å². The number of carbonyl (C=O) groups is 2. The molecule has 0 saturated carbocycles. The van der Waals surface area contributed by atoms with Crippen molar-refractivity contribution in [1.29, 1.82) is 0 Å². The normalized spacial score (nSPS) is 10.2. The lowest BCUT2D eigenvalue weighted by Crippen LogP contribution is -2.20. The number of ether oxygens (including phenoxy) is 1. The Hall–Kier alpha value is -3.68. The van der Waals surface area contributed by atoms with Crippen molar-refractivity contribution < 1.29 is 14.3 Å². The molecular formula is C18H17N5O3. The second kappa shape index (κ2) is 7.93. The largest absolute Gasteiger partial charge is 0.495 e. The highest BCUT2D eigenvalue weighted by Crippen LogP contribution is 2.22. The Morgan fingerprint density at radius 3 is 2.54 bits per heavy atom. The Kier molecular flexibility index (Phi) is 5.23. The molecule has 0 unspecified atom stereocenters. The average molecular weight is 351 g/mol. The zero-order chi connectivity index (χ0) is 18.4. The third-order valence-electron chi connectivity index (χ3n) is 3.48. The minimum absolute atomic E-state index is 0.0493. The SMILES string of the molecule is COc1ccccc1NC(=O)Cn1cnc(NC(=O)c2ccccc2)n1. The molecule has 3 aromatic rings. The van der Waals surface area contributed by atoms with E-state index in [0.717, 1.165) is 0 Å². The molecule has 2 N–H and O–H groups in total. The molecule has 1 aromatic heterocycles. The van der Waals surface area contributed by atoms with Crippen LogP contribution in [0.1, 0.15) is 10.4 Å². The number of anilines is 2. The van der Waals surface area contributed by atoms with E-state index < -0.39 is 0 Å². The number of nitrogens with one attached hydrogen (secondary N) is 2. The van der Waals surface area contributed by atoms with Crippen LogP contribution >= 0.6 is 0 Å². The first-order valence-electron chi connectivity index (χ1n) is 7.84. The molecule has 1 heterocycles. The number of hydrogen-bond acceptors (Lipinski definition) is 5. The highest BCUT2D eigenvalue weighted by atomic mass is 16.5. The standard InChI is InChI=1S/C18H17N5O3/c1-26-15-10-6-5-9-14(15)20-16(24)11-23-12-19-18(22-23)21-17(25)13-7-3-2-4-8-13/h2-10,12H,11H2,1H3,(H,20,24)(H,21,22,25). The van der Waals surface area contributed by atoms with Crippen LogP contribution in [-0.2, 0) is 11.3 Å². The molecule has 0 aliphatic carbocycles. The van der Waals surface area contributed by atoms with E-state index in [9.17, 15) is 9.59 Å². The first kappa shape index (κ1) is 17.2. The van der Waals surface area contributed by atoms with E-state index in [0.29, 0.717) is 17.0 Å². The van der Waals surface area contributed by atoms with Crippen LogP contribution in [0.2, 0.25) is 0 Å². The summed E-state index contributed by atoms with van der Waals surface area (Å²) in [6, 6.07) is 15.8. The minimum atomic E-state index is -0.318. The number of rotatable bonds is 6. The molecule has 2 amide bonds. The third kappa shape index (κ3) is 4.23. The van der Waals surface area contributed by atoms with Crippen LogP contribution in [0.25, 0.3) is 0 Å². The molecule has 8 nitrogen and oxygen atoms in total. The van der Waals surface area contributed by atoms with Gasteiger partial charge in [-0.05, 0) is 24.3 Å². The summed E-state index contributed by atoms with van der Waals surface area (Å²) >= 11 is 0. The number of methoxy groups -OCH3 is 1. The number of nitrogens with zero attached hydrogens (tertiary/aromatic N) is 3. The van der Waals surface area contributed by atoms with Crippen LogP contribution in [0.3, 0.4) is 0 Å². The topological polar surface area (TPSA) is 98.1 Å². The molecule has 8 heteroatoms. The van der Waals surface area contributed by atoms with Crippen molar-refractivity contribution in [3.63, 3.8) is 0 Å². The maximum atomic E-state index is 12.2. The van der Waals surface area contributed by atoms with Gasteiger partial charge >= 0.3 is 0 Å². The predicted molar refractivity (Wildman–Crippen MR) is 96.0 cm³/mol. The number of amides is 2. The van der Waals surface area contributed by atoms with Crippen molar-refractivity contribution in [2.75, 3.05) is 17.7 Å². The molecule has 0 atom stereocenters. The molecular weight excluding hydrogens is 334 g/mol. The van der Waals surface area contributed by atoms with Crippen molar-refractivity contribution in [2.24, 2.45) is 0 Å². The number of para-hydroxylation sites is 2. The van der Waals surface area contributed by atoms with E-state index in [-0.39, 0.29) is 24.3 Å². The Labute approximate surface area is 149 Å². The number of aromatic nitrogens is 3. The number of hydrogen-bond donors (Lipinski definition) is 2. The predicted octanol–water partition coefficient (Wildman–Crippen LogP) is 2.18. The molecule has 26 heavy (non-hydrogen) atoms. The first-order valence-corrected chi connectivity index (χ1v) is 7.84. The molecule has 0 bridgehead atoms. The zero-order valence-corrected chi connectivity index (χ0v) is 14.0. The first-order chi connectivity index (χ1) is 12.7. The van der Waals surface area contributed by atoms with Gasteiger partial charge in [0, 0.05) is 5.56 Å². The number of benzene rings is 2. The van der Waals surface area contributed by atoms with Gasteiger partial charge in [-0.1, -0.05) is 30.3 Å². The van der Waals surface area contributed by atoms with E-state index in [4.69, 9.17) is 4.74 Å². The lowest BCUT2D eigenvalue weighted by molar-refractivity contribution is -0.116. The summed E-state index contributed by atoms with van der Waals surface area (Å²) < 4.78 is 6.53. The Morgan fingerprint density at radius 2 is 1.77 bits per heavy atom. The second-order valence-electron chi connectivity index (χ2n) is 5.33. The van der Waals surface area contributed by atoms with E-state index in [1.807, 2.05) is 12.1 Å². The maximum Gasteiger partial charge on any atom is 0.258 e. The molecule has 0 fully saturated rings. The summed E-state index contributed by atoms with van der Waals surface area (Å²) in [5, 5.41) is 9.41. The smallest absolute Gasteiger partial charge is 0.258 e. The van der Waals surface area contributed by atoms with Gasteiger partial charge in [-0.15, -0.1) is 5.10 Å². The third-order valence-corrected chi connectivity index (χ3v) is 3.48. The molecule has 0 spiro atoms. The van der Waals surface area contributed by atoms with Gasteiger partial charge < -0.3 is 10.1 Å². The van der Waals surface area contributed by atoms with Crippen LogP contribution in [-0.4, -0.2) is 33.7 Å². The monoisotopic (exact) mass is 351 g/mol. The van der Waals surface area contributed by atoms with Crippen LogP contribution in [0.15, 0.2) is 60.9 Å². The van der Waals surface area contributed by atoms with E-state index in [2.05, 4.69) is 20.7 Å². The highest BCUT2D eigenvalue weighted by Gasteiger charge is 2.11. The number of carbonyl (C=O) groups excluding carboxylic acids is 2. The van der Waals surface area contributed by atoms with Gasteiger partial charge in [-0.2, -0.15) is 0 Å². The quantitative estimate of drug-likeness (QED) is 0.709. The van der Waals surface area contributed by atoms with Gasteiger partial charge in [-0.25, -0.2) is 9.67 Å². The average Bonchev–Trinajstić information content (AvgIpc) is 3.09. The summed E-state index contributed by atoms with van der Waals surface area (Å²) in [6.07, 6.45) is 1.38. The van der Waals surface area contributed by atoms with Crippen LogP contribution in [0.5, 0.6) is 5.75 Å². The minimum Gasteiger partial charge on any atom is -0.495 e. The van der Waals surface area contributed by atoms with Crippen molar-refractivity contribution in [3.8, 4) is 5.75 Å². The summed E-state index contributed by atoms with van der Waals surface area (Å²) in [5.41, 5.74) is 1.07. The molecule has 0 aliphatic rings. The van der Waals surface area contributed by atoms with Gasteiger partial charge in [0.25, 0.3) is 5.91 Å². The molecule has 0 radical (unpaired) electrons. The fourth-order valence-electron chi connectivity index (χ4n) is 2.28. The van der Waals surface area contributed by atoms with Crippen LogP contribution in [0, 0.1) is 0 Å². The summed E-state index contributed by atoms with van der Waals surface area (Å²) in [6.45, 7) is -0.0493. The van der Waals surface area contributed by atoms with Crippen molar-refractivity contribution in [1.82, 2.24) is 14.8 Å². The van der Waals surface area contributed by atoms with Crippen molar-refractivity contribution in [3.05, 3.63) is 66.5 Å². The molecule has 0 aliphatic heterocycles. The Bertz CT molecular complexity index is 908. The molecule has 132 valence electrons. The highest BCUT2D eigenvalue weighted by molar-refractivity contribution is 6.03. The fourth-order valence-corrected chi connectivity index (χ4v) is 2.28. The lowest BCUT2D eigenvalue weighted by atomic mass is 10.2. The molecule has 0 saturated heterocycles. The Morgan fingerprint density at radius 1 is 1.04 bits per heavy atom. The fraction of sp³-hybridized carbons (Fsp3) is 0.111. The van der Waals surface area contributed by atoms with Gasteiger partial charge in [0.2, 0.25) is 11.9 Å². The Balaban J connectivity index is 1.59. The van der Waals surface area contributed by atoms with Gasteiger partial charge in [0.1, 0.15) is 18.6 Å². The second-order valence-corrected chi connectivity index (χ2v) is 5.33. The summed E-state index contributed by atoms with van der Waals surface area (Å²) in [4.78, 5) is 28.2. The summed E-state index contributed by atoms with van der Waals surface area (Å²) in [7, 11) is 1.53. The van der Waals surface area contributed by atoms with Gasteiger partial charge in [0.05, 0.1) is 12.8 Å². The zero-order valence-electron chi connectivity index (χ0n) is 14.0. The summed E-state index contributed by atoms with van der Waals surface area (Å²) in [5.74, 6) is 0.0846. The van der Waals surface area contributed by atoms with E-state index in [1.54, 1.807) is 42.5 Å². The lowest BCUT2D eigenvalue weighted by Gasteiger charge is -2.09. The van der Waals surface area contributed by atoms with Crippen LogP contribution < -0.4 is 15.4 Å². The molecule has 2 aromatic carbocycles. The van der Waals surface area contributed by atoms with E-state index in [1.165, 1.54) is 18.1 Å². The molecule has 3 rings (SSSR count). The van der Waals surface area contributed by atoms with Crippen molar-refractivity contribution >= 4 is 23.5 Å². The van der Waals surface area contributed by atoms with Gasteiger partial charge in [-0.3, -0.25) is 14.9 Å². The van der Waals surface area contributed by atoms with Crippen LogP contribution in [0.4, 0.5) is 11.6 Å². The van der Waals surface area contributed by atoms with Gasteiger partial charge in [0.15, 0.2) is 0 Å². The maximum absolute atomic E-state index is 12.2. The van der Waals surface area contributed by atoms with Crippen molar-refractivity contribution in [2.45, 2.75) is 6.54 Å².